The number of aromatic nitrogens is 4. The molecule has 2 heterocycles. The molecule has 0 bridgehead atoms. The van der Waals surface area contributed by atoms with E-state index in [0.717, 1.165) is 29.1 Å². The van der Waals surface area contributed by atoms with Crippen molar-refractivity contribution in [3.8, 4) is 11.4 Å². The van der Waals surface area contributed by atoms with Gasteiger partial charge in [0, 0.05) is 11.8 Å². The largest absolute Gasteiger partial charge is 0.259 e. The molecule has 2 rings (SSSR count). The molecule has 0 spiro atoms. The highest BCUT2D eigenvalue weighted by molar-refractivity contribution is 5.75. The van der Waals surface area contributed by atoms with Gasteiger partial charge < -0.3 is 0 Å². The van der Waals surface area contributed by atoms with Crippen LogP contribution in [-0.2, 0) is 0 Å². The molecule has 0 aliphatic heterocycles. The molecule has 0 saturated carbocycles. The normalized spacial score (nSPS) is 13.1. The van der Waals surface area contributed by atoms with E-state index in [9.17, 15) is 0 Å². The Labute approximate surface area is 125 Å². The monoisotopic (exact) mass is 280 g/mol. The van der Waals surface area contributed by atoms with Gasteiger partial charge in [0.25, 0.3) is 0 Å². The summed E-state index contributed by atoms with van der Waals surface area (Å²) in [5.74, 6) is 0.749. The number of H-pyrrole nitrogens is 1. The summed E-state index contributed by atoms with van der Waals surface area (Å²) in [5.41, 5.74) is 4.31. The third-order valence-electron chi connectivity index (χ3n) is 3.20. The second-order valence-electron chi connectivity index (χ2n) is 4.75. The first kappa shape index (κ1) is 14.9. The van der Waals surface area contributed by atoms with Crippen molar-refractivity contribution < 1.29 is 0 Å². The summed E-state index contributed by atoms with van der Waals surface area (Å²) in [7, 11) is 0. The molecule has 1 N–H and O–H groups in total. The zero-order valence-electron chi connectivity index (χ0n) is 12.7. The van der Waals surface area contributed by atoms with E-state index in [4.69, 9.17) is 0 Å². The van der Waals surface area contributed by atoms with Crippen molar-refractivity contribution in [2.24, 2.45) is 0 Å². The smallest absolute Gasteiger partial charge is 0.155 e. The number of nitrogens with zero attached hydrogens (tertiary/aromatic N) is 3. The van der Waals surface area contributed by atoms with Crippen molar-refractivity contribution in [2.45, 2.75) is 27.2 Å². The lowest BCUT2D eigenvalue weighted by molar-refractivity contribution is 1.09. The number of hydrogen-bond donors (Lipinski definition) is 1. The van der Waals surface area contributed by atoms with Gasteiger partial charge in [-0.25, -0.2) is 4.98 Å². The summed E-state index contributed by atoms with van der Waals surface area (Å²) in [6.45, 7) is 6.28. The Morgan fingerprint density at radius 2 is 2.14 bits per heavy atom. The van der Waals surface area contributed by atoms with E-state index in [0.29, 0.717) is 0 Å². The maximum atomic E-state index is 4.46. The quantitative estimate of drug-likeness (QED) is 0.836. The third-order valence-corrected chi connectivity index (χ3v) is 3.20. The highest BCUT2D eigenvalue weighted by atomic mass is 15.2. The minimum Gasteiger partial charge on any atom is -0.259 e. The van der Waals surface area contributed by atoms with Crippen LogP contribution in [0.4, 0.5) is 0 Å². The minimum absolute atomic E-state index is 0.749. The van der Waals surface area contributed by atoms with E-state index in [1.54, 1.807) is 6.20 Å². The Hall–Kier alpha value is -2.49. The maximum Gasteiger partial charge on any atom is 0.155 e. The van der Waals surface area contributed by atoms with Crippen LogP contribution in [0.5, 0.6) is 0 Å². The van der Waals surface area contributed by atoms with Crippen molar-refractivity contribution in [3.05, 3.63) is 60.2 Å². The predicted molar refractivity (Wildman–Crippen MR) is 86.5 cm³/mol. The molecule has 108 valence electrons. The molecular formula is C17H20N4. The highest BCUT2D eigenvalue weighted by Gasteiger charge is 2.04. The molecule has 0 atom stereocenters. The van der Waals surface area contributed by atoms with Crippen molar-refractivity contribution in [1.82, 2.24) is 20.2 Å². The summed E-state index contributed by atoms with van der Waals surface area (Å²) in [6.07, 6.45) is 12.7. The van der Waals surface area contributed by atoms with E-state index in [2.05, 4.69) is 52.2 Å². The summed E-state index contributed by atoms with van der Waals surface area (Å²) < 4.78 is 0. The Morgan fingerprint density at radius 1 is 1.29 bits per heavy atom. The number of aromatic amines is 1. The second-order valence-corrected chi connectivity index (χ2v) is 4.75. The second kappa shape index (κ2) is 7.33. The maximum absolute atomic E-state index is 4.46. The Bertz CT molecular complexity index is 664. The number of nitrogens with one attached hydrogen (secondary N) is 1. The molecule has 0 radical (unpaired) electrons. The van der Waals surface area contributed by atoms with Crippen LogP contribution in [0.25, 0.3) is 17.0 Å². The molecule has 2 aromatic rings. The van der Waals surface area contributed by atoms with Gasteiger partial charge in [-0.3, -0.25) is 10.1 Å². The van der Waals surface area contributed by atoms with E-state index in [1.165, 1.54) is 11.9 Å². The highest BCUT2D eigenvalue weighted by Crippen LogP contribution is 2.20. The molecule has 21 heavy (non-hydrogen) atoms. The van der Waals surface area contributed by atoms with E-state index in [-0.39, 0.29) is 0 Å². The van der Waals surface area contributed by atoms with Gasteiger partial charge in [0.15, 0.2) is 5.82 Å². The fraction of sp³-hybridized carbons (Fsp3) is 0.235. The fourth-order valence-electron chi connectivity index (χ4n) is 1.84. The van der Waals surface area contributed by atoms with Crippen LogP contribution in [0.2, 0.25) is 0 Å². The lowest BCUT2D eigenvalue weighted by Gasteiger charge is -2.03. The van der Waals surface area contributed by atoms with Crippen molar-refractivity contribution in [3.63, 3.8) is 0 Å². The molecule has 0 aliphatic rings. The van der Waals surface area contributed by atoms with Gasteiger partial charge in [0.05, 0.1) is 5.69 Å². The summed E-state index contributed by atoms with van der Waals surface area (Å²) in [5, 5.41) is 6.76. The van der Waals surface area contributed by atoms with Gasteiger partial charge in [0.1, 0.15) is 6.33 Å². The first-order valence-corrected chi connectivity index (χ1v) is 7.07. The number of rotatable bonds is 5. The molecule has 4 heteroatoms. The topological polar surface area (TPSA) is 54.5 Å². The lowest BCUT2D eigenvalue weighted by Crippen LogP contribution is -1.89. The Balaban J connectivity index is 2.40. The number of pyridine rings is 1. The van der Waals surface area contributed by atoms with Crippen LogP contribution in [0.3, 0.4) is 0 Å². The summed E-state index contributed by atoms with van der Waals surface area (Å²) in [6, 6.07) is 3.94. The van der Waals surface area contributed by atoms with Crippen LogP contribution in [0, 0.1) is 0 Å². The first-order chi connectivity index (χ1) is 10.2. The van der Waals surface area contributed by atoms with Crippen molar-refractivity contribution in [2.75, 3.05) is 0 Å². The van der Waals surface area contributed by atoms with Crippen LogP contribution < -0.4 is 0 Å². The average Bonchev–Trinajstić information content (AvgIpc) is 3.05. The molecule has 0 unspecified atom stereocenters. The van der Waals surface area contributed by atoms with Crippen molar-refractivity contribution >= 4 is 5.57 Å². The standard InChI is InChI=1S/C17H20N4/c1-4-6-14(8-7-13(3)5-2)16-11-15(9-10-18-16)17-19-12-20-21-17/h4,6-12H,5H2,1-3H3,(H,19,20,21)/b6-4-,13-7+,14-8+. The van der Waals surface area contributed by atoms with Gasteiger partial charge in [-0.15, -0.1) is 0 Å². The van der Waals surface area contributed by atoms with Crippen LogP contribution in [0.1, 0.15) is 32.9 Å². The van der Waals surface area contributed by atoms with E-state index >= 15 is 0 Å². The lowest BCUT2D eigenvalue weighted by atomic mass is 10.1. The van der Waals surface area contributed by atoms with Crippen LogP contribution in [0.15, 0.2) is 54.5 Å². The fourth-order valence-corrected chi connectivity index (χ4v) is 1.84. The zero-order valence-corrected chi connectivity index (χ0v) is 12.7. The molecule has 0 aliphatic carbocycles. The van der Waals surface area contributed by atoms with Crippen molar-refractivity contribution in [1.29, 1.82) is 0 Å². The van der Waals surface area contributed by atoms with E-state index in [1.807, 2.05) is 25.1 Å². The first-order valence-electron chi connectivity index (χ1n) is 7.07. The number of allylic oxidation sites excluding steroid dienone is 6. The average molecular weight is 280 g/mol. The summed E-state index contributed by atoms with van der Waals surface area (Å²) in [4.78, 5) is 8.64. The van der Waals surface area contributed by atoms with Gasteiger partial charge in [-0.2, -0.15) is 5.10 Å². The van der Waals surface area contributed by atoms with Gasteiger partial charge in [-0.05, 0) is 38.0 Å². The van der Waals surface area contributed by atoms with Crippen LogP contribution >= 0.6 is 0 Å². The molecule has 0 fully saturated rings. The van der Waals surface area contributed by atoms with Gasteiger partial charge in [-0.1, -0.05) is 36.8 Å². The van der Waals surface area contributed by atoms with Gasteiger partial charge >= 0.3 is 0 Å². The van der Waals surface area contributed by atoms with Crippen LogP contribution in [-0.4, -0.2) is 20.2 Å². The molecule has 2 aromatic heterocycles. The molecule has 4 nitrogen and oxygen atoms in total. The molecule has 0 amide bonds. The predicted octanol–water partition coefficient (Wildman–Crippen LogP) is 4.18. The summed E-state index contributed by atoms with van der Waals surface area (Å²) >= 11 is 0. The Morgan fingerprint density at radius 3 is 2.81 bits per heavy atom. The zero-order chi connectivity index (χ0) is 15.1. The molecule has 0 aromatic carbocycles. The Kier molecular flexibility index (Phi) is 5.21. The molecular weight excluding hydrogens is 260 g/mol. The third kappa shape index (κ3) is 3.99. The number of hydrogen-bond acceptors (Lipinski definition) is 3. The molecule has 0 saturated heterocycles. The SMILES string of the molecule is C\C=C/C(=C\C=C(/C)CC)c1cc(-c2ncn[nH]2)ccn1. The van der Waals surface area contributed by atoms with Gasteiger partial charge in [0.2, 0.25) is 0 Å². The minimum atomic E-state index is 0.749. The van der Waals surface area contributed by atoms with E-state index < -0.39 is 0 Å².